The van der Waals surface area contributed by atoms with Crippen molar-refractivity contribution in [2.45, 2.75) is 59.0 Å². The Morgan fingerprint density at radius 2 is 1.90 bits per heavy atom. The van der Waals surface area contributed by atoms with E-state index in [0.29, 0.717) is 0 Å². The standard InChI is InChI=1S/C15H30BrN5/c1-7-11-17-13(12-14(16)18-19-20(12)6)15(5,8-2)21(9-3)10-4/h13,17H,7-11H2,1-6H3. The third-order valence-electron chi connectivity index (χ3n) is 4.52. The molecule has 21 heavy (non-hydrogen) atoms. The second-order valence-corrected chi connectivity index (χ2v) is 6.41. The number of hydrogen-bond acceptors (Lipinski definition) is 4. The molecule has 1 aromatic rings. The van der Waals surface area contributed by atoms with Crippen LogP contribution in [0.5, 0.6) is 0 Å². The first-order valence-corrected chi connectivity index (χ1v) is 8.78. The molecule has 0 saturated heterocycles. The maximum Gasteiger partial charge on any atom is 0.153 e. The van der Waals surface area contributed by atoms with Gasteiger partial charge >= 0.3 is 0 Å². The van der Waals surface area contributed by atoms with E-state index < -0.39 is 0 Å². The number of aryl methyl sites for hydroxylation is 1. The Hall–Kier alpha value is -0.460. The predicted octanol–water partition coefficient (Wildman–Crippen LogP) is 3.13. The van der Waals surface area contributed by atoms with E-state index in [2.05, 4.69) is 71.1 Å². The second-order valence-electron chi connectivity index (χ2n) is 5.66. The maximum absolute atomic E-state index is 4.18. The van der Waals surface area contributed by atoms with E-state index in [4.69, 9.17) is 0 Å². The van der Waals surface area contributed by atoms with Crippen molar-refractivity contribution in [1.29, 1.82) is 0 Å². The van der Waals surface area contributed by atoms with Crippen molar-refractivity contribution in [3.63, 3.8) is 0 Å². The third-order valence-corrected chi connectivity index (χ3v) is 5.09. The lowest BCUT2D eigenvalue weighted by molar-refractivity contribution is 0.0665. The first-order chi connectivity index (χ1) is 9.96. The lowest BCUT2D eigenvalue weighted by Crippen LogP contribution is -2.55. The van der Waals surface area contributed by atoms with Crippen molar-refractivity contribution >= 4 is 15.9 Å². The highest BCUT2D eigenvalue weighted by molar-refractivity contribution is 9.10. The highest BCUT2D eigenvalue weighted by Gasteiger charge is 2.40. The average molecular weight is 360 g/mol. The van der Waals surface area contributed by atoms with Gasteiger partial charge in [-0.3, -0.25) is 4.90 Å². The van der Waals surface area contributed by atoms with Crippen LogP contribution in [0.2, 0.25) is 0 Å². The summed E-state index contributed by atoms with van der Waals surface area (Å²) in [5, 5.41) is 12.1. The summed E-state index contributed by atoms with van der Waals surface area (Å²) < 4.78 is 2.72. The Kier molecular flexibility index (Phi) is 7.30. The molecular formula is C15H30BrN5. The lowest BCUT2D eigenvalue weighted by Gasteiger charge is -2.46. The molecule has 1 rings (SSSR count). The minimum atomic E-state index is 0.0245. The monoisotopic (exact) mass is 359 g/mol. The van der Waals surface area contributed by atoms with Gasteiger partial charge in [0.1, 0.15) is 0 Å². The molecule has 0 radical (unpaired) electrons. The van der Waals surface area contributed by atoms with Crippen LogP contribution in [0.4, 0.5) is 0 Å². The zero-order valence-electron chi connectivity index (χ0n) is 14.3. The molecule has 0 aliphatic carbocycles. The van der Waals surface area contributed by atoms with Gasteiger partial charge in [0, 0.05) is 12.6 Å². The normalized spacial score (nSPS) is 16.2. The van der Waals surface area contributed by atoms with Crippen molar-refractivity contribution in [3.8, 4) is 0 Å². The fraction of sp³-hybridized carbons (Fsp3) is 0.867. The summed E-state index contributed by atoms with van der Waals surface area (Å²) in [5.74, 6) is 0. The molecule has 0 spiro atoms. The van der Waals surface area contributed by atoms with Gasteiger partial charge in [-0.1, -0.05) is 32.9 Å². The van der Waals surface area contributed by atoms with Gasteiger partial charge in [0.15, 0.2) is 4.60 Å². The zero-order valence-corrected chi connectivity index (χ0v) is 15.9. The predicted molar refractivity (Wildman–Crippen MR) is 91.4 cm³/mol. The third kappa shape index (κ3) is 3.85. The number of aromatic nitrogens is 3. The SMILES string of the molecule is CCCNC(c1c(Br)nnn1C)C(C)(CC)N(CC)CC. The number of halogens is 1. The van der Waals surface area contributed by atoms with Crippen LogP contribution in [0, 0.1) is 0 Å². The minimum absolute atomic E-state index is 0.0245. The quantitative estimate of drug-likeness (QED) is 0.735. The number of rotatable bonds is 9. The summed E-state index contributed by atoms with van der Waals surface area (Å²) in [7, 11) is 1.96. The summed E-state index contributed by atoms with van der Waals surface area (Å²) in [6, 6.07) is 0.191. The van der Waals surface area contributed by atoms with E-state index in [9.17, 15) is 0 Å². The van der Waals surface area contributed by atoms with E-state index in [-0.39, 0.29) is 11.6 Å². The summed E-state index contributed by atoms with van der Waals surface area (Å²) in [4.78, 5) is 2.53. The van der Waals surface area contributed by atoms with E-state index >= 15 is 0 Å². The molecule has 1 N–H and O–H groups in total. The summed E-state index contributed by atoms with van der Waals surface area (Å²) in [6.45, 7) is 14.3. The van der Waals surface area contributed by atoms with Gasteiger partial charge in [-0.2, -0.15) is 0 Å². The molecule has 122 valence electrons. The first kappa shape index (κ1) is 18.6. The molecule has 0 saturated carbocycles. The Morgan fingerprint density at radius 1 is 1.29 bits per heavy atom. The maximum atomic E-state index is 4.18. The minimum Gasteiger partial charge on any atom is -0.307 e. The van der Waals surface area contributed by atoms with Crippen molar-refractivity contribution < 1.29 is 0 Å². The van der Waals surface area contributed by atoms with Crippen LogP contribution < -0.4 is 5.32 Å². The van der Waals surface area contributed by atoms with Crippen LogP contribution in [-0.2, 0) is 7.05 Å². The molecular weight excluding hydrogens is 330 g/mol. The second kappa shape index (κ2) is 8.25. The average Bonchev–Trinajstić information content (AvgIpc) is 2.80. The molecule has 0 aliphatic heterocycles. The molecule has 0 aromatic carbocycles. The molecule has 0 amide bonds. The van der Waals surface area contributed by atoms with Crippen molar-refractivity contribution in [2.75, 3.05) is 19.6 Å². The first-order valence-electron chi connectivity index (χ1n) is 7.99. The van der Waals surface area contributed by atoms with Gasteiger partial charge in [0.2, 0.25) is 0 Å². The Labute approximate surface area is 137 Å². The highest BCUT2D eigenvalue weighted by Crippen LogP contribution is 2.36. The van der Waals surface area contributed by atoms with E-state index in [0.717, 1.165) is 42.8 Å². The largest absolute Gasteiger partial charge is 0.307 e. The van der Waals surface area contributed by atoms with Gasteiger partial charge in [-0.25, -0.2) is 4.68 Å². The van der Waals surface area contributed by atoms with Crippen LogP contribution in [0.25, 0.3) is 0 Å². The Bertz CT molecular complexity index is 410. The fourth-order valence-corrected chi connectivity index (χ4v) is 3.66. The van der Waals surface area contributed by atoms with Crippen LogP contribution in [0.3, 0.4) is 0 Å². The Morgan fingerprint density at radius 3 is 2.29 bits per heavy atom. The summed E-state index contributed by atoms with van der Waals surface area (Å²) in [5.41, 5.74) is 1.15. The van der Waals surface area contributed by atoms with Gasteiger partial charge in [-0.15, -0.1) is 5.10 Å². The van der Waals surface area contributed by atoms with Gasteiger partial charge < -0.3 is 5.32 Å². The molecule has 5 nitrogen and oxygen atoms in total. The van der Waals surface area contributed by atoms with E-state index in [1.807, 2.05) is 11.7 Å². The summed E-state index contributed by atoms with van der Waals surface area (Å²) >= 11 is 3.57. The molecule has 1 aromatic heterocycles. The van der Waals surface area contributed by atoms with Crippen molar-refractivity contribution in [1.82, 2.24) is 25.2 Å². The van der Waals surface area contributed by atoms with E-state index in [1.54, 1.807) is 0 Å². The number of hydrogen-bond donors (Lipinski definition) is 1. The molecule has 0 aliphatic rings. The Balaban J connectivity index is 3.28. The van der Waals surface area contributed by atoms with Crippen LogP contribution in [0.1, 0.15) is 59.2 Å². The number of nitrogens with zero attached hydrogens (tertiary/aromatic N) is 4. The van der Waals surface area contributed by atoms with Gasteiger partial charge in [0.25, 0.3) is 0 Å². The zero-order chi connectivity index (χ0) is 16.0. The smallest absolute Gasteiger partial charge is 0.153 e. The van der Waals surface area contributed by atoms with Crippen LogP contribution in [-0.4, -0.2) is 45.1 Å². The molecule has 0 bridgehead atoms. The highest BCUT2D eigenvalue weighted by atomic mass is 79.9. The summed E-state index contributed by atoms with van der Waals surface area (Å²) in [6.07, 6.45) is 2.17. The van der Waals surface area contributed by atoms with Gasteiger partial charge in [-0.05, 0) is 55.3 Å². The molecule has 2 atom stereocenters. The van der Waals surface area contributed by atoms with Gasteiger partial charge in [0.05, 0.1) is 11.7 Å². The molecule has 0 fully saturated rings. The van der Waals surface area contributed by atoms with Crippen molar-refractivity contribution in [3.05, 3.63) is 10.3 Å². The van der Waals surface area contributed by atoms with Crippen molar-refractivity contribution in [2.24, 2.45) is 7.05 Å². The van der Waals surface area contributed by atoms with Crippen LogP contribution >= 0.6 is 15.9 Å². The molecule has 6 heteroatoms. The van der Waals surface area contributed by atoms with Crippen LogP contribution in [0.15, 0.2) is 4.60 Å². The fourth-order valence-electron chi connectivity index (χ4n) is 3.10. The van der Waals surface area contributed by atoms with E-state index in [1.165, 1.54) is 0 Å². The lowest BCUT2D eigenvalue weighted by atomic mass is 9.85. The number of likely N-dealkylation sites (N-methyl/N-ethyl adjacent to an activating group) is 1. The molecule has 2 unspecified atom stereocenters. The topological polar surface area (TPSA) is 46.0 Å². The molecule has 1 heterocycles. The number of nitrogens with one attached hydrogen (secondary N) is 1.